The van der Waals surface area contributed by atoms with Crippen molar-refractivity contribution in [3.8, 4) is 0 Å². The molecule has 0 atom stereocenters. The Morgan fingerprint density at radius 1 is 0.391 bits per heavy atom. The van der Waals surface area contributed by atoms with Gasteiger partial charge in [-0.05, 0) is 0 Å². The van der Waals surface area contributed by atoms with Crippen molar-refractivity contribution in [1.29, 1.82) is 0 Å². The van der Waals surface area contributed by atoms with Gasteiger partial charge in [-0.1, -0.05) is 0 Å². The van der Waals surface area contributed by atoms with Crippen molar-refractivity contribution < 1.29 is 39.8 Å². The van der Waals surface area contributed by atoms with Crippen LogP contribution in [-0.4, -0.2) is 94.9 Å². The molecule has 0 heterocycles. The Labute approximate surface area is 146 Å². The minimum atomic E-state index is -3.70. The molecule has 0 N–H and O–H groups in total. The summed E-state index contributed by atoms with van der Waals surface area (Å²) in [6, 6.07) is 0. The molecule has 0 aromatic carbocycles. The predicted octanol–water partition coefficient (Wildman–Crippen LogP) is 0.0402. The zero-order valence-corrected chi connectivity index (χ0v) is 19.8. The number of hydrogen-bond acceptors (Lipinski definition) is 9. The monoisotopic (exact) mass is 426 g/mol. The molecular weight excluding hydrogens is 400 g/mol. The molecular formula is C9H27ClO9Si4. The van der Waals surface area contributed by atoms with Crippen LogP contribution in [0.25, 0.3) is 0 Å². The first-order chi connectivity index (χ1) is 10.8. The quantitative estimate of drug-likeness (QED) is 0.317. The first kappa shape index (κ1) is 23.8. The Bertz CT molecular complexity index is 277. The third-order valence-corrected chi connectivity index (χ3v) is 46.9. The van der Waals surface area contributed by atoms with Crippen molar-refractivity contribution in [2.75, 3.05) is 64.0 Å². The van der Waals surface area contributed by atoms with Gasteiger partial charge >= 0.3 is 30.9 Å². The van der Waals surface area contributed by atoms with Gasteiger partial charge in [-0.3, -0.25) is 0 Å². The molecule has 140 valence electrons. The van der Waals surface area contributed by atoms with Gasteiger partial charge in [0, 0.05) is 64.0 Å². The van der Waals surface area contributed by atoms with Gasteiger partial charge in [0.15, 0.2) is 0 Å². The van der Waals surface area contributed by atoms with Crippen LogP contribution in [-0.2, 0) is 39.8 Å². The fourth-order valence-corrected chi connectivity index (χ4v) is 51.6. The Balaban J connectivity index is 6.86. The summed E-state index contributed by atoms with van der Waals surface area (Å²) < 4.78 is 50.7. The standard InChI is InChI=1S/C9H27ClO9Si4/c1-11-21(12-2,13-3)20(10,22(14-4,15-5)16-6)23(17-7,18-8)19-9/h1-9H3. The molecule has 0 saturated carbocycles. The molecule has 0 aliphatic heterocycles. The predicted molar refractivity (Wildman–Crippen MR) is 92.0 cm³/mol. The van der Waals surface area contributed by atoms with Crippen LogP contribution in [0.3, 0.4) is 0 Å². The van der Waals surface area contributed by atoms with E-state index in [1.165, 1.54) is 64.0 Å². The van der Waals surface area contributed by atoms with Crippen LogP contribution in [0.4, 0.5) is 0 Å². The highest BCUT2D eigenvalue weighted by Gasteiger charge is 2.92. The van der Waals surface area contributed by atoms with Gasteiger partial charge in [0.05, 0.1) is 0 Å². The maximum Gasteiger partial charge on any atom is 0.500 e. The highest BCUT2D eigenvalue weighted by Crippen LogP contribution is 2.42. The molecule has 0 aromatic rings. The Hall–Kier alpha value is 0.798. The lowest BCUT2D eigenvalue weighted by Gasteiger charge is -2.48. The lowest BCUT2D eigenvalue weighted by atomic mass is 11.8. The van der Waals surface area contributed by atoms with Gasteiger partial charge in [0.1, 0.15) is 0 Å². The van der Waals surface area contributed by atoms with Crippen LogP contribution in [0.2, 0.25) is 0 Å². The summed E-state index contributed by atoms with van der Waals surface area (Å²) in [7, 11) is 2.14. The van der Waals surface area contributed by atoms with Crippen molar-refractivity contribution in [3.05, 3.63) is 0 Å². The Kier molecular flexibility index (Phi) is 9.81. The van der Waals surface area contributed by atoms with E-state index in [-0.39, 0.29) is 0 Å². The zero-order valence-electron chi connectivity index (χ0n) is 15.1. The average molecular weight is 427 g/mol. The highest BCUT2D eigenvalue weighted by atomic mass is 35.6. The van der Waals surface area contributed by atoms with Crippen molar-refractivity contribution in [3.63, 3.8) is 0 Å². The largest absolute Gasteiger partial charge is 0.500 e. The smallest absolute Gasteiger partial charge is 0.379 e. The lowest BCUT2D eigenvalue weighted by Crippen LogP contribution is -2.92. The topological polar surface area (TPSA) is 83.1 Å². The molecule has 0 spiro atoms. The van der Waals surface area contributed by atoms with E-state index >= 15 is 0 Å². The summed E-state index contributed by atoms with van der Waals surface area (Å²) >= 11 is 7.21. The molecule has 0 fully saturated rings. The van der Waals surface area contributed by atoms with E-state index in [2.05, 4.69) is 0 Å². The van der Waals surface area contributed by atoms with Gasteiger partial charge < -0.3 is 39.8 Å². The molecule has 0 unspecified atom stereocenters. The van der Waals surface area contributed by atoms with Crippen molar-refractivity contribution in [2.45, 2.75) is 0 Å². The second-order valence-electron chi connectivity index (χ2n) is 4.16. The summed E-state index contributed by atoms with van der Waals surface area (Å²) in [6.45, 7) is 0. The summed E-state index contributed by atoms with van der Waals surface area (Å²) in [5.74, 6) is -3.70. The molecule has 0 aromatic heterocycles. The molecule has 0 bridgehead atoms. The molecule has 0 radical (unpaired) electrons. The molecule has 9 nitrogen and oxygen atoms in total. The third-order valence-electron chi connectivity index (χ3n) is 3.68. The average Bonchev–Trinajstić information content (AvgIpc) is 2.61. The fraction of sp³-hybridized carbons (Fsp3) is 1.00. The maximum atomic E-state index is 7.21. The number of hydrogen-bond donors (Lipinski definition) is 0. The molecule has 0 amide bonds. The first-order valence-corrected chi connectivity index (χ1v) is 17.6. The van der Waals surface area contributed by atoms with Crippen molar-refractivity contribution >= 4 is 42.0 Å². The maximum absolute atomic E-state index is 7.21. The third kappa shape index (κ3) is 3.28. The Morgan fingerprint density at radius 3 is 0.609 bits per heavy atom. The second-order valence-corrected chi connectivity index (χ2v) is 33.8. The molecule has 0 aliphatic rings. The van der Waals surface area contributed by atoms with Crippen LogP contribution in [0.5, 0.6) is 0 Å². The van der Waals surface area contributed by atoms with Gasteiger partial charge in [0.2, 0.25) is 0 Å². The number of halogens is 1. The first-order valence-electron chi connectivity index (χ1n) is 6.45. The second kappa shape index (κ2) is 9.48. The van der Waals surface area contributed by atoms with Gasteiger partial charge in [-0.15, -0.1) is 0 Å². The lowest BCUT2D eigenvalue weighted by molar-refractivity contribution is 0.118. The van der Waals surface area contributed by atoms with E-state index in [0.717, 1.165) is 0 Å². The minimum Gasteiger partial charge on any atom is -0.379 e. The fourth-order valence-electron chi connectivity index (χ4n) is 2.58. The zero-order chi connectivity index (χ0) is 18.4. The molecule has 0 aliphatic carbocycles. The molecule has 0 rings (SSSR count). The Morgan fingerprint density at radius 2 is 0.522 bits per heavy atom. The van der Waals surface area contributed by atoms with Crippen molar-refractivity contribution in [2.24, 2.45) is 0 Å². The van der Waals surface area contributed by atoms with E-state index in [0.29, 0.717) is 0 Å². The minimum absolute atomic E-state index is 1.43. The molecule has 14 heteroatoms. The highest BCUT2D eigenvalue weighted by molar-refractivity contribution is 7.95. The molecule has 23 heavy (non-hydrogen) atoms. The van der Waals surface area contributed by atoms with E-state index in [1.54, 1.807) is 0 Å². The van der Waals surface area contributed by atoms with E-state index in [1.807, 2.05) is 0 Å². The van der Waals surface area contributed by atoms with Gasteiger partial charge in [-0.2, -0.15) is 11.1 Å². The van der Waals surface area contributed by atoms with Crippen molar-refractivity contribution in [1.82, 2.24) is 0 Å². The summed E-state index contributed by atoms with van der Waals surface area (Å²) in [5.41, 5.74) is 0. The van der Waals surface area contributed by atoms with Gasteiger partial charge in [0.25, 0.3) is 0 Å². The van der Waals surface area contributed by atoms with Gasteiger partial charge in [-0.25, -0.2) is 0 Å². The van der Waals surface area contributed by atoms with E-state index in [4.69, 9.17) is 50.9 Å². The van der Waals surface area contributed by atoms with Crippen LogP contribution in [0, 0.1) is 0 Å². The van der Waals surface area contributed by atoms with Crippen LogP contribution in [0.1, 0.15) is 0 Å². The molecule has 0 saturated heterocycles. The van der Waals surface area contributed by atoms with Crippen LogP contribution in [0.15, 0.2) is 0 Å². The summed E-state index contributed by atoms with van der Waals surface area (Å²) in [4.78, 5) is 0. The summed E-state index contributed by atoms with van der Waals surface area (Å²) in [6.07, 6.45) is 0. The van der Waals surface area contributed by atoms with Crippen LogP contribution >= 0.6 is 11.1 Å². The SMILES string of the molecule is CO[Si](OC)(OC)[Si](Cl)([Si](OC)(OC)OC)[Si](OC)(OC)OC. The number of rotatable bonds is 12. The van der Waals surface area contributed by atoms with E-state index < -0.39 is 30.9 Å². The van der Waals surface area contributed by atoms with E-state index in [9.17, 15) is 0 Å². The van der Waals surface area contributed by atoms with Crippen LogP contribution < -0.4 is 0 Å². The summed E-state index contributed by atoms with van der Waals surface area (Å²) in [5, 5.41) is 0. The normalized spacial score (nSPS) is 14.3.